The smallest absolute Gasteiger partial charge is 0.336 e. The van der Waals surface area contributed by atoms with Crippen molar-refractivity contribution in [1.82, 2.24) is 5.32 Å². The molecule has 212 valence electrons. The van der Waals surface area contributed by atoms with Crippen LogP contribution in [0.4, 0.5) is 0 Å². The third-order valence-corrected chi connectivity index (χ3v) is 7.67. The average Bonchev–Trinajstić information content (AvgIpc) is 2.99. The predicted molar refractivity (Wildman–Crippen MR) is 156 cm³/mol. The van der Waals surface area contributed by atoms with E-state index in [1.54, 1.807) is 21.1 Å². The number of hydrogen-bond donors (Lipinski definition) is 1. The number of esters is 1. The van der Waals surface area contributed by atoms with Crippen LogP contribution in [0.25, 0.3) is 0 Å². The fourth-order valence-corrected chi connectivity index (χ4v) is 5.76. The van der Waals surface area contributed by atoms with Gasteiger partial charge in [-0.1, -0.05) is 54.6 Å². The maximum Gasteiger partial charge on any atom is 0.336 e. The molecule has 0 bridgehead atoms. The third kappa shape index (κ3) is 5.71. The zero-order valence-corrected chi connectivity index (χ0v) is 23.9. The first-order valence-electron chi connectivity index (χ1n) is 13.8. The van der Waals surface area contributed by atoms with Crippen molar-refractivity contribution in [3.63, 3.8) is 0 Å². The molecular weight excluding hydrogens is 518 g/mol. The van der Waals surface area contributed by atoms with Gasteiger partial charge in [0.2, 0.25) is 0 Å². The van der Waals surface area contributed by atoms with Crippen LogP contribution < -0.4 is 19.5 Å². The van der Waals surface area contributed by atoms with Crippen LogP contribution in [-0.4, -0.2) is 32.6 Å². The normalized spacial score (nSPS) is 18.4. The molecule has 0 saturated heterocycles. The minimum absolute atomic E-state index is 0.0179. The van der Waals surface area contributed by atoms with E-state index in [4.69, 9.17) is 18.9 Å². The Balaban J connectivity index is 1.56. The lowest BCUT2D eigenvalue weighted by Gasteiger charge is -2.37. The summed E-state index contributed by atoms with van der Waals surface area (Å²) in [6.07, 6.45) is 0.905. The van der Waals surface area contributed by atoms with Gasteiger partial charge in [-0.3, -0.25) is 4.79 Å². The molecule has 0 saturated carbocycles. The third-order valence-electron chi connectivity index (χ3n) is 7.67. The summed E-state index contributed by atoms with van der Waals surface area (Å²) >= 11 is 0. The van der Waals surface area contributed by atoms with Crippen molar-refractivity contribution < 1.29 is 28.5 Å². The van der Waals surface area contributed by atoms with Gasteiger partial charge < -0.3 is 24.3 Å². The molecule has 3 aromatic rings. The van der Waals surface area contributed by atoms with Crippen molar-refractivity contribution in [2.45, 2.75) is 45.1 Å². The molecule has 7 nitrogen and oxygen atoms in total. The molecular formula is C34H35NO6. The Hall–Kier alpha value is -4.52. The van der Waals surface area contributed by atoms with Crippen molar-refractivity contribution in [3.05, 3.63) is 112 Å². The summed E-state index contributed by atoms with van der Waals surface area (Å²) < 4.78 is 22.7. The molecule has 41 heavy (non-hydrogen) atoms. The van der Waals surface area contributed by atoms with Gasteiger partial charge in [0.1, 0.15) is 12.4 Å². The molecule has 1 heterocycles. The predicted octanol–water partition coefficient (Wildman–Crippen LogP) is 6.21. The highest BCUT2D eigenvalue weighted by atomic mass is 16.5. The van der Waals surface area contributed by atoms with E-state index >= 15 is 0 Å². The van der Waals surface area contributed by atoms with E-state index in [2.05, 4.69) is 5.32 Å². The minimum atomic E-state index is -0.615. The summed E-state index contributed by atoms with van der Waals surface area (Å²) in [4.78, 5) is 27.4. The number of carbonyl (C=O) groups excluding carboxylic acids is 2. The van der Waals surface area contributed by atoms with E-state index in [9.17, 15) is 9.59 Å². The topological polar surface area (TPSA) is 83.1 Å². The molecule has 0 fully saturated rings. The van der Waals surface area contributed by atoms with Gasteiger partial charge >= 0.3 is 5.97 Å². The van der Waals surface area contributed by atoms with Crippen LogP contribution in [0.3, 0.4) is 0 Å². The second-order valence-corrected chi connectivity index (χ2v) is 10.2. The monoisotopic (exact) mass is 553 g/mol. The van der Waals surface area contributed by atoms with Gasteiger partial charge in [-0.15, -0.1) is 0 Å². The van der Waals surface area contributed by atoms with E-state index in [0.29, 0.717) is 53.5 Å². The average molecular weight is 554 g/mol. The summed E-state index contributed by atoms with van der Waals surface area (Å²) in [5.41, 5.74) is 5.28. The maximum absolute atomic E-state index is 14.0. The molecule has 3 aromatic carbocycles. The van der Waals surface area contributed by atoms with E-state index in [-0.39, 0.29) is 18.3 Å². The number of ether oxygens (including phenoxy) is 4. The molecule has 1 N–H and O–H groups in total. The summed E-state index contributed by atoms with van der Waals surface area (Å²) in [6, 6.07) is 23.3. The number of hydrogen-bond acceptors (Lipinski definition) is 7. The first kappa shape index (κ1) is 28.0. The zero-order valence-electron chi connectivity index (χ0n) is 23.9. The minimum Gasteiger partial charge on any atom is -0.493 e. The van der Waals surface area contributed by atoms with Crippen LogP contribution in [-0.2, 0) is 20.9 Å². The van der Waals surface area contributed by atoms with Gasteiger partial charge in [0.25, 0.3) is 0 Å². The maximum atomic E-state index is 14.0. The van der Waals surface area contributed by atoms with E-state index < -0.39 is 11.9 Å². The second kappa shape index (κ2) is 12.3. The van der Waals surface area contributed by atoms with E-state index in [0.717, 1.165) is 22.4 Å². The Morgan fingerprint density at radius 2 is 1.63 bits per heavy atom. The lowest BCUT2D eigenvalue weighted by atomic mass is 9.71. The van der Waals surface area contributed by atoms with Gasteiger partial charge in [-0.05, 0) is 55.5 Å². The highest BCUT2D eigenvalue weighted by Crippen LogP contribution is 2.48. The van der Waals surface area contributed by atoms with E-state index in [1.807, 2.05) is 79.7 Å². The largest absolute Gasteiger partial charge is 0.493 e. The first-order valence-corrected chi connectivity index (χ1v) is 13.8. The molecule has 0 aromatic heterocycles. The van der Waals surface area contributed by atoms with Crippen molar-refractivity contribution >= 4 is 11.8 Å². The fraction of sp³-hybridized carbons (Fsp3) is 0.294. The van der Waals surface area contributed by atoms with Crippen molar-refractivity contribution in [3.8, 4) is 17.2 Å². The number of methoxy groups -OCH3 is 2. The lowest BCUT2D eigenvalue weighted by Crippen LogP contribution is -2.36. The highest BCUT2D eigenvalue weighted by molar-refractivity contribution is 6.04. The summed E-state index contributed by atoms with van der Waals surface area (Å²) in [7, 11) is 3.20. The number of para-hydroxylation sites is 1. The Morgan fingerprint density at radius 3 is 2.37 bits per heavy atom. The van der Waals surface area contributed by atoms with E-state index in [1.165, 1.54) is 0 Å². The molecule has 0 radical (unpaired) electrons. The van der Waals surface area contributed by atoms with Gasteiger partial charge in [0, 0.05) is 29.0 Å². The molecule has 1 aliphatic heterocycles. The van der Waals surface area contributed by atoms with Gasteiger partial charge in [-0.25, -0.2) is 4.79 Å². The molecule has 0 unspecified atom stereocenters. The standard InChI is InChI=1S/C34H35NO6/c1-5-40-34(37)31-21(2)35-26-17-24(23-15-16-29(38-3)30(19-23)39-4)18-27(36)33(26)32(31)25-13-9-10-14-28(25)41-20-22-11-7-6-8-12-22/h6-16,19,24,32,35H,5,17-18,20H2,1-4H3/t24-,32+/m0/s1. The van der Waals surface area contributed by atoms with Crippen LogP contribution in [0.2, 0.25) is 0 Å². The number of dihydropyridines is 1. The van der Waals surface area contributed by atoms with Crippen LogP contribution in [0.15, 0.2) is 95.3 Å². The Bertz CT molecular complexity index is 1510. The number of carbonyl (C=O) groups is 2. The lowest BCUT2D eigenvalue weighted by molar-refractivity contribution is -0.138. The highest BCUT2D eigenvalue weighted by Gasteiger charge is 2.42. The van der Waals surface area contributed by atoms with Gasteiger partial charge in [0.05, 0.1) is 32.3 Å². The zero-order chi connectivity index (χ0) is 28.9. The number of ketones is 1. The molecule has 2 atom stereocenters. The van der Waals surface area contributed by atoms with Gasteiger partial charge in [-0.2, -0.15) is 0 Å². The molecule has 0 amide bonds. The first-order chi connectivity index (χ1) is 19.9. The molecule has 0 spiro atoms. The quantitative estimate of drug-likeness (QED) is 0.316. The van der Waals surface area contributed by atoms with Crippen LogP contribution in [0.5, 0.6) is 17.2 Å². The molecule has 2 aliphatic rings. The van der Waals surface area contributed by atoms with Crippen LogP contribution >= 0.6 is 0 Å². The number of benzene rings is 3. The second-order valence-electron chi connectivity index (χ2n) is 10.2. The van der Waals surface area contributed by atoms with Crippen molar-refractivity contribution in [2.24, 2.45) is 0 Å². The summed E-state index contributed by atoms with van der Waals surface area (Å²) in [6.45, 7) is 4.23. The van der Waals surface area contributed by atoms with Crippen LogP contribution in [0, 0.1) is 0 Å². The SMILES string of the molecule is CCOC(=O)C1=C(C)NC2=C(C(=O)C[C@@H](c3ccc(OC)c(OC)c3)C2)[C@@H]1c1ccccc1OCc1ccccc1. The van der Waals surface area contributed by atoms with Crippen molar-refractivity contribution in [1.29, 1.82) is 0 Å². The number of allylic oxidation sites excluding steroid dienone is 3. The number of nitrogens with one attached hydrogen (secondary N) is 1. The Labute approximate surface area is 240 Å². The fourth-order valence-electron chi connectivity index (χ4n) is 5.76. The van der Waals surface area contributed by atoms with Gasteiger partial charge in [0.15, 0.2) is 17.3 Å². The summed E-state index contributed by atoms with van der Waals surface area (Å²) in [5.74, 6) is 0.750. The molecule has 7 heteroatoms. The van der Waals surface area contributed by atoms with Crippen LogP contribution in [0.1, 0.15) is 55.2 Å². The number of Topliss-reactive ketones (excluding diaryl/α,β-unsaturated/α-hetero) is 1. The number of rotatable bonds is 9. The molecule has 1 aliphatic carbocycles. The Morgan fingerprint density at radius 1 is 0.902 bits per heavy atom. The molecule has 5 rings (SSSR count). The Kier molecular flexibility index (Phi) is 8.43. The summed E-state index contributed by atoms with van der Waals surface area (Å²) in [5, 5.41) is 3.41. The van der Waals surface area contributed by atoms with Crippen molar-refractivity contribution in [2.75, 3.05) is 20.8 Å².